The SMILES string of the molecule is CCOC(=O)[C@@H]1CCCN(C(=O)[C@@H]2Cc3cc([N+](=O)[O-])ccc3N3CCN(c4cnccn4)C[C@H]23)C1. The fourth-order valence-corrected chi connectivity index (χ4v) is 5.73. The normalized spacial score (nSPS) is 23.5. The van der Waals surface area contributed by atoms with Crippen LogP contribution in [-0.2, 0) is 20.7 Å². The van der Waals surface area contributed by atoms with Crippen LogP contribution in [0.15, 0.2) is 36.8 Å². The van der Waals surface area contributed by atoms with Crippen LogP contribution >= 0.6 is 0 Å². The number of nitrogens with zero attached hydrogens (tertiary/aromatic N) is 6. The number of amides is 1. The first-order chi connectivity index (χ1) is 17.5. The zero-order valence-electron chi connectivity index (χ0n) is 20.3. The van der Waals surface area contributed by atoms with Crippen molar-refractivity contribution in [3.8, 4) is 0 Å². The van der Waals surface area contributed by atoms with Crippen molar-refractivity contribution in [2.45, 2.75) is 32.2 Å². The van der Waals surface area contributed by atoms with Gasteiger partial charge in [-0.15, -0.1) is 0 Å². The van der Waals surface area contributed by atoms with Crippen LogP contribution in [0, 0.1) is 22.0 Å². The smallest absolute Gasteiger partial charge is 0.310 e. The maximum absolute atomic E-state index is 14.0. The molecule has 11 nitrogen and oxygen atoms in total. The van der Waals surface area contributed by atoms with Gasteiger partial charge in [-0.05, 0) is 37.8 Å². The number of esters is 1. The summed E-state index contributed by atoms with van der Waals surface area (Å²) in [6.45, 7) is 4.97. The average Bonchev–Trinajstić information content (AvgIpc) is 2.92. The van der Waals surface area contributed by atoms with Crippen molar-refractivity contribution in [2.24, 2.45) is 11.8 Å². The summed E-state index contributed by atoms with van der Waals surface area (Å²) in [5, 5.41) is 11.4. The van der Waals surface area contributed by atoms with Crippen LogP contribution < -0.4 is 9.80 Å². The number of hydrogen-bond acceptors (Lipinski definition) is 9. The minimum absolute atomic E-state index is 0.0165. The van der Waals surface area contributed by atoms with Crippen molar-refractivity contribution < 1.29 is 19.2 Å². The predicted molar refractivity (Wildman–Crippen MR) is 132 cm³/mol. The number of hydrogen-bond donors (Lipinski definition) is 0. The molecule has 5 rings (SSSR count). The molecular formula is C25H30N6O5. The molecule has 1 aromatic heterocycles. The molecule has 190 valence electrons. The van der Waals surface area contributed by atoms with Crippen molar-refractivity contribution in [3.63, 3.8) is 0 Å². The monoisotopic (exact) mass is 494 g/mol. The maximum atomic E-state index is 14.0. The summed E-state index contributed by atoms with van der Waals surface area (Å²) < 4.78 is 5.22. The molecule has 0 bridgehead atoms. The quantitative estimate of drug-likeness (QED) is 0.349. The summed E-state index contributed by atoms with van der Waals surface area (Å²) in [6, 6.07) is 4.79. The van der Waals surface area contributed by atoms with Gasteiger partial charge in [0.1, 0.15) is 5.82 Å². The highest BCUT2D eigenvalue weighted by atomic mass is 16.6. The van der Waals surface area contributed by atoms with Gasteiger partial charge >= 0.3 is 5.97 Å². The number of ether oxygens (including phenoxy) is 1. The van der Waals surface area contributed by atoms with Gasteiger partial charge in [0.25, 0.3) is 5.69 Å². The Kier molecular flexibility index (Phi) is 6.71. The predicted octanol–water partition coefficient (Wildman–Crippen LogP) is 2.05. The molecule has 2 saturated heterocycles. The lowest BCUT2D eigenvalue weighted by Gasteiger charge is -2.50. The highest BCUT2D eigenvalue weighted by Gasteiger charge is 2.44. The first-order valence-corrected chi connectivity index (χ1v) is 12.5. The van der Waals surface area contributed by atoms with Crippen LogP contribution in [0.2, 0.25) is 0 Å². The average molecular weight is 495 g/mol. The number of nitro groups is 1. The third kappa shape index (κ3) is 4.57. The third-order valence-corrected chi connectivity index (χ3v) is 7.45. The van der Waals surface area contributed by atoms with Gasteiger partial charge < -0.3 is 19.4 Å². The molecule has 36 heavy (non-hydrogen) atoms. The standard InChI is InChI=1S/C25H30N6O5/c1-2-36-25(33)17-4-3-9-29(15-17)24(32)20-13-18-12-19(31(34)35)5-6-21(18)30-11-10-28(16-22(20)30)23-14-26-7-8-27-23/h5-8,12,14,17,20,22H,2-4,9-11,13,15-16H2,1H3/t17-,20-,22-/m1/s1. The summed E-state index contributed by atoms with van der Waals surface area (Å²) in [6.07, 6.45) is 6.87. The number of rotatable bonds is 5. The number of likely N-dealkylation sites (tertiary alicyclic amines) is 1. The Balaban J connectivity index is 1.44. The third-order valence-electron chi connectivity index (χ3n) is 7.45. The van der Waals surface area contributed by atoms with E-state index >= 15 is 0 Å². The van der Waals surface area contributed by atoms with Crippen molar-refractivity contribution >= 4 is 29.1 Å². The van der Waals surface area contributed by atoms with Crippen LogP contribution in [-0.4, -0.2) is 77.0 Å². The molecule has 2 aromatic rings. The van der Waals surface area contributed by atoms with Gasteiger partial charge in [-0.2, -0.15) is 0 Å². The van der Waals surface area contributed by atoms with Gasteiger partial charge in [0.15, 0.2) is 0 Å². The van der Waals surface area contributed by atoms with Gasteiger partial charge in [-0.3, -0.25) is 24.7 Å². The number of aromatic nitrogens is 2. The van der Waals surface area contributed by atoms with Crippen molar-refractivity contribution in [2.75, 3.05) is 49.1 Å². The van der Waals surface area contributed by atoms with Gasteiger partial charge in [0, 0.05) is 62.9 Å². The highest BCUT2D eigenvalue weighted by Crippen LogP contribution is 2.39. The highest BCUT2D eigenvalue weighted by molar-refractivity contribution is 5.84. The second-order valence-electron chi connectivity index (χ2n) is 9.53. The number of carbonyl (C=O) groups excluding carboxylic acids is 2. The molecule has 0 unspecified atom stereocenters. The number of nitro benzene ring substituents is 1. The molecule has 0 aliphatic carbocycles. The lowest BCUT2D eigenvalue weighted by molar-refractivity contribution is -0.384. The van der Waals surface area contributed by atoms with Crippen molar-refractivity contribution in [3.05, 3.63) is 52.5 Å². The molecule has 0 spiro atoms. The Hall–Kier alpha value is -3.76. The zero-order chi connectivity index (χ0) is 25.2. The fraction of sp³-hybridized carbons (Fsp3) is 0.520. The number of piperidine rings is 1. The number of fused-ring (bicyclic) bond motifs is 3. The van der Waals surface area contributed by atoms with Crippen molar-refractivity contribution in [1.82, 2.24) is 14.9 Å². The largest absolute Gasteiger partial charge is 0.466 e. The van der Waals surface area contributed by atoms with E-state index in [0.717, 1.165) is 23.5 Å². The first-order valence-electron chi connectivity index (χ1n) is 12.5. The topological polar surface area (TPSA) is 122 Å². The van der Waals surface area contributed by atoms with Gasteiger partial charge in [0.05, 0.1) is 35.6 Å². The second kappa shape index (κ2) is 10.1. The van der Waals surface area contributed by atoms with E-state index in [-0.39, 0.29) is 29.5 Å². The van der Waals surface area contributed by atoms with E-state index in [1.807, 2.05) is 0 Å². The maximum Gasteiger partial charge on any atom is 0.310 e. The number of carbonyl (C=O) groups is 2. The molecule has 3 aliphatic heterocycles. The minimum atomic E-state index is -0.403. The Labute approximate surface area is 209 Å². The van der Waals surface area contributed by atoms with Crippen LogP contribution in [0.25, 0.3) is 0 Å². The molecule has 3 atom stereocenters. The van der Waals surface area contributed by atoms with E-state index < -0.39 is 10.8 Å². The molecule has 2 fully saturated rings. The summed E-state index contributed by atoms with van der Waals surface area (Å²) in [4.78, 5) is 52.2. The van der Waals surface area contributed by atoms with Gasteiger partial charge in [-0.25, -0.2) is 4.98 Å². The van der Waals surface area contributed by atoms with Crippen LogP contribution in [0.3, 0.4) is 0 Å². The number of benzene rings is 1. The summed E-state index contributed by atoms with van der Waals surface area (Å²) >= 11 is 0. The van der Waals surface area contributed by atoms with Gasteiger partial charge in [-0.1, -0.05) is 0 Å². The summed E-state index contributed by atoms with van der Waals surface area (Å²) in [5.41, 5.74) is 1.78. The number of piperazine rings is 1. The fourth-order valence-electron chi connectivity index (χ4n) is 5.73. The van der Waals surface area contributed by atoms with E-state index in [1.54, 1.807) is 42.5 Å². The summed E-state index contributed by atoms with van der Waals surface area (Å²) in [5.74, 6) is -0.235. The van der Waals surface area contributed by atoms with E-state index in [0.29, 0.717) is 52.2 Å². The molecule has 3 aliphatic rings. The molecule has 4 heterocycles. The second-order valence-corrected chi connectivity index (χ2v) is 9.53. The molecule has 11 heteroatoms. The number of non-ortho nitro benzene ring substituents is 1. The van der Waals surface area contributed by atoms with E-state index in [1.165, 1.54) is 6.07 Å². The Morgan fingerprint density at radius 2 is 2.06 bits per heavy atom. The van der Waals surface area contributed by atoms with Crippen molar-refractivity contribution in [1.29, 1.82) is 0 Å². The van der Waals surface area contributed by atoms with Gasteiger partial charge in [0.2, 0.25) is 5.91 Å². The Bertz CT molecular complexity index is 1150. The molecular weight excluding hydrogens is 464 g/mol. The van der Waals surface area contributed by atoms with E-state index in [9.17, 15) is 19.7 Å². The van der Waals surface area contributed by atoms with Crippen LogP contribution in [0.4, 0.5) is 17.2 Å². The molecule has 0 radical (unpaired) electrons. The molecule has 0 saturated carbocycles. The van der Waals surface area contributed by atoms with Crippen LogP contribution in [0.5, 0.6) is 0 Å². The summed E-state index contributed by atoms with van der Waals surface area (Å²) in [7, 11) is 0. The lowest BCUT2D eigenvalue weighted by atomic mass is 9.82. The molecule has 1 aromatic carbocycles. The lowest BCUT2D eigenvalue weighted by Crippen LogP contribution is -2.62. The van der Waals surface area contributed by atoms with E-state index in [4.69, 9.17) is 4.74 Å². The molecule has 0 N–H and O–H groups in total. The van der Waals surface area contributed by atoms with E-state index in [2.05, 4.69) is 19.8 Å². The minimum Gasteiger partial charge on any atom is -0.466 e. The molecule has 1 amide bonds. The first kappa shape index (κ1) is 24.0. The zero-order valence-corrected chi connectivity index (χ0v) is 20.3. The Morgan fingerprint density at radius 1 is 1.19 bits per heavy atom. The Morgan fingerprint density at radius 3 is 2.81 bits per heavy atom. The number of anilines is 2. The van der Waals surface area contributed by atoms with Crippen LogP contribution in [0.1, 0.15) is 25.3 Å².